The van der Waals surface area contributed by atoms with E-state index in [9.17, 15) is 14.9 Å². The van der Waals surface area contributed by atoms with Gasteiger partial charge in [0.25, 0.3) is 11.1 Å². The smallest absolute Gasteiger partial charge is 0.293 e. The summed E-state index contributed by atoms with van der Waals surface area (Å²) in [6, 6.07) is 14.4. The topological polar surface area (TPSA) is 79.6 Å². The first-order chi connectivity index (χ1) is 14.5. The largest absolute Gasteiger partial charge is 0.493 e. The second kappa shape index (κ2) is 9.51. The summed E-state index contributed by atoms with van der Waals surface area (Å²) in [4.78, 5) is 26.7. The quantitative estimate of drug-likeness (QED) is 0.586. The van der Waals surface area contributed by atoms with Crippen LogP contribution in [0.15, 0.2) is 47.4 Å². The summed E-state index contributed by atoms with van der Waals surface area (Å²) >= 11 is 0.885. The Morgan fingerprint density at radius 1 is 1.20 bits per heavy atom. The Morgan fingerprint density at radius 3 is 2.67 bits per heavy atom. The number of ether oxygens (including phenoxy) is 2. The average molecular weight is 423 g/mol. The number of rotatable bonds is 7. The van der Waals surface area contributed by atoms with Crippen LogP contribution in [-0.4, -0.2) is 29.3 Å². The molecule has 0 spiro atoms. The van der Waals surface area contributed by atoms with Crippen molar-refractivity contribution in [1.82, 2.24) is 4.90 Å². The van der Waals surface area contributed by atoms with Gasteiger partial charge in [-0.15, -0.1) is 0 Å². The number of thioether (sulfide) groups is 1. The van der Waals surface area contributed by atoms with Gasteiger partial charge in [0.15, 0.2) is 11.5 Å². The summed E-state index contributed by atoms with van der Waals surface area (Å²) in [7, 11) is 1.56. The Labute approximate surface area is 180 Å². The van der Waals surface area contributed by atoms with E-state index in [1.54, 1.807) is 49.6 Å². The van der Waals surface area contributed by atoms with Crippen molar-refractivity contribution in [2.45, 2.75) is 32.9 Å². The van der Waals surface area contributed by atoms with Crippen molar-refractivity contribution >= 4 is 29.0 Å². The molecule has 1 atom stereocenters. The number of nitrogens with zero attached hydrogens (tertiary/aromatic N) is 2. The molecule has 1 fully saturated rings. The molecule has 0 unspecified atom stereocenters. The normalized spacial score (nSPS) is 15.9. The van der Waals surface area contributed by atoms with Crippen molar-refractivity contribution in [3.8, 4) is 17.6 Å². The van der Waals surface area contributed by atoms with Gasteiger partial charge in [-0.3, -0.25) is 14.5 Å². The van der Waals surface area contributed by atoms with Crippen LogP contribution in [0.25, 0.3) is 6.08 Å². The van der Waals surface area contributed by atoms with Gasteiger partial charge in [0, 0.05) is 0 Å². The summed E-state index contributed by atoms with van der Waals surface area (Å²) in [5, 5.41) is 8.88. The minimum absolute atomic E-state index is 0.0533. The van der Waals surface area contributed by atoms with Crippen molar-refractivity contribution in [2.24, 2.45) is 0 Å². The molecule has 0 saturated carbocycles. The molecule has 1 heterocycles. The first-order valence-corrected chi connectivity index (χ1v) is 10.4. The Morgan fingerprint density at radius 2 is 1.97 bits per heavy atom. The number of imide groups is 1. The predicted octanol–water partition coefficient (Wildman–Crippen LogP) is 4.98. The van der Waals surface area contributed by atoms with Crippen LogP contribution in [0.4, 0.5) is 4.79 Å². The van der Waals surface area contributed by atoms with Crippen LogP contribution < -0.4 is 9.47 Å². The molecule has 1 aliphatic rings. The fourth-order valence-corrected chi connectivity index (χ4v) is 3.73. The molecule has 0 N–H and O–H groups in total. The molecule has 154 valence electrons. The number of hydrogen-bond donors (Lipinski definition) is 0. The lowest BCUT2D eigenvalue weighted by Gasteiger charge is -2.16. The molecule has 1 saturated heterocycles. The zero-order valence-corrected chi connectivity index (χ0v) is 17.9. The van der Waals surface area contributed by atoms with Gasteiger partial charge in [-0.1, -0.05) is 31.2 Å². The number of methoxy groups -OCH3 is 1. The first-order valence-electron chi connectivity index (χ1n) is 9.54. The second-order valence-corrected chi connectivity index (χ2v) is 7.78. The number of carbonyl (C=O) groups is 2. The third-order valence-electron chi connectivity index (χ3n) is 4.73. The molecule has 0 bridgehead atoms. The van der Waals surface area contributed by atoms with E-state index in [-0.39, 0.29) is 23.8 Å². The molecule has 1 aliphatic heterocycles. The van der Waals surface area contributed by atoms with E-state index in [4.69, 9.17) is 9.47 Å². The van der Waals surface area contributed by atoms with Crippen LogP contribution in [0.2, 0.25) is 0 Å². The molecule has 2 amide bonds. The highest BCUT2D eigenvalue weighted by molar-refractivity contribution is 8.18. The van der Waals surface area contributed by atoms with Crippen LogP contribution in [0.3, 0.4) is 0 Å². The Balaban J connectivity index is 1.82. The maximum Gasteiger partial charge on any atom is 0.293 e. The van der Waals surface area contributed by atoms with Crippen LogP contribution in [0, 0.1) is 11.3 Å². The monoisotopic (exact) mass is 422 g/mol. The van der Waals surface area contributed by atoms with Crippen molar-refractivity contribution in [3.63, 3.8) is 0 Å². The highest BCUT2D eigenvalue weighted by Gasteiger charge is 2.35. The van der Waals surface area contributed by atoms with Gasteiger partial charge in [-0.25, -0.2) is 0 Å². The Kier molecular flexibility index (Phi) is 6.80. The predicted molar refractivity (Wildman–Crippen MR) is 116 cm³/mol. The van der Waals surface area contributed by atoms with Crippen LogP contribution in [0.1, 0.15) is 37.0 Å². The lowest BCUT2D eigenvalue weighted by Crippen LogP contribution is -2.27. The molecule has 3 rings (SSSR count). The number of amides is 2. The van der Waals surface area contributed by atoms with Gasteiger partial charge >= 0.3 is 0 Å². The van der Waals surface area contributed by atoms with E-state index in [0.717, 1.165) is 28.6 Å². The highest BCUT2D eigenvalue weighted by atomic mass is 32.2. The summed E-state index contributed by atoms with van der Waals surface area (Å²) in [5.74, 6) is 0.813. The van der Waals surface area contributed by atoms with E-state index in [2.05, 4.69) is 6.07 Å². The lowest BCUT2D eigenvalue weighted by atomic mass is 10.1. The maximum absolute atomic E-state index is 12.8. The van der Waals surface area contributed by atoms with Crippen LogP contribution in [-0.2, 0) is 11.3 Å². The van der Waals surface area contributed by atoms with E-state index >= 15 is 0 Å². The van der Waals surface area contributed by atoms with Crippen molar-refractivity contribution in [1.29, 1.82) is 5.26 Å². The first kappa shape index (κ1) is 21.5. The standard InChI is InChI=1S/C23H22N2O4S/c1-4-15(2)29-19-10-9-16(11-20(19)28-3)12-21-22(26)25(23(27)30-21)14-18-8-6-5-7-17(18)13-24/h5-12,15H,4,14H2,1-3H3/b21-12-/t15-/m1/s1. The minimum atomic E-state index is -0.378. The fraction of sp³-hybridized carbons (Fsp3) is 0.261. The third-order valence-corrected chi connectivity index (χ3v) is 5.64. The fourth-order valence-electron chi connectivity index (χ4n) is 2.90. The molecular formula is C23H22N2O4S. The van der Waals surface area contributed by atoms with Crippen molar-refractivity contribution in [3.05, 3.63) is 64.1 Å². The van der Waals surface area contributed by atoms with Crippen LogP contribution in [0.5, 0.6) is 11.5 Å². The van der Waals surface area contributed by atoms with Gasteiger partial charge < -0.3 is 9.47 Å². The van der Waals surface area contributed by atoms with Gasteiger partial charge in [0.2, 0.25) is 0 Å². The molecule has 2 aromatic rings. The second-order valence-electron chi connectivity index (χ2n) is 6.78. The zero-order chi connectivity index (χ0) is 21.7. The molecule has 0 radical (unpaired) electrons. The average Bonchev–Trinajstić information content (AvgIpc) is 3.02. The summed E-state index contributed by atoms with van der Waals surface area (Å²) in [6.45, 7) is 4.08. The Hall–Kier alpha value is -3.24. The number of hydrogen-bond acceptors (Lipinski definition) is 6. The van der Waals surface area contributed by atoms with E-state index in [0.29, 0.717) is 27.5 Å². The van der Waals surface area contributed by atoms with E-state index in [1.807, 2.05) is 19.9 Å². The number of nitriles is 1. The molecule has 0 aromatic heterocycles. The molecule has 2 aromatic carbocycles. The molecule has 0 aliphatic carbocycles. The summed E-state index contributed by atoms with van der Waals surface area (Å²) < 4.78 is 11.3. The van der Waals surface area contributed by atoms with Crippen LogP contribution >= 0.6 is 11.8 Å². The van der Waals surface area contributed by atoms with Gasteiger partial charge in [0.1, 0.15) is 0 Å². The Bertz CT molecular complexity index is 1040. The molecule has 6 nitrogen and oxygen atoms in total. The van der Waals surface area contributed by atoms with E-state index in [1.165, 1.54) is 0 Å². The SMILES string of the molecule is CC[C@@H](C)Oc1ccc(/C=C2\SC(=O)N(Cc3ccccc3C#N)C2=O)cc1OC. The van der Waals surface area contributed by atoms with Gasteiger partial charge in [-0.05, 0) is 60.5 Å². The van der Waals surface area contributed by atoms with Crippen molar-refractivity contribution < 1.29 is 19.1 Å². The summed E-state index contributed by atoms with van der Waals surface area (Å²) in [5.41, 5.74) is 1.81. The minimum Gasteiger partial charge on any atom is -0.493 e. The summed E-state index contributed by atoms with van der Waals surface area (Å²) in [6.07, 6.45) is 2.58. The zero-order valence-electron chi connectivity index (χ0n) is 17.0. The maximum atomic E-state index is 12.8. The third kappa shape index (κ3) is 4.66. The molecular weight excluding hydrogens is 400 g/mol. The van der Waals surface area contributed by atoms with Gasteiger partial charge in [0.05, 0.1) is 36.3 Å². The highest BCUT2D eigenvalue weighted by Crippen LogP contribution is 2.35. The van der Waals surface area contributed by atoms with Gasteiger partial charge in [-0.2, -0.15) is 5.26 Å². The number of benzene rings is 2. The lowest BCUT2D eigenvalue weighted by molar-refractivity contribution is -0.123. The van der Waals surface area contributed by atoms with Crippen molar-refractivity contribution in [2.75, 3.05) is 7.11 Å². The van der Waals surface area contributed by atoms with E-state index < -0.39 is 0 Å². The number of carbonyl (C=O) groups excluding carboxylic acids is 2. The molecule has 7 heteroatoms. The molecule has 30 heavy (non-hydrogen) atoms.